The predicted molar refractivity (Wildman–Crippen MR) is 158 cm³/mol. The number of nitrogens with zero attached hydrogens (tertiary/aromatic N) is 2. The largest absolute Gasteiger partial charge is 0.489 e. The van der Waals surface area contributed by atoms with E-state index in [-0.39, 0.29) is 5.78 Å². The van der Waals surface area contributed by atoms with Crippen LogP contribution >= 0.6 is 15.9 Å². The van der Waals surface area contributed by atoms with Gasteiger partial charge in [-0.1, -0.05) is 52.7 Å². The Bertz CT molecular complexity index is 1530. The molecule has 0 fully saturated rings. The van der Waals surface area contributed by atoms with Gasteiger partial charge in [-0.3, -0.25) is 9.69 Å². The number of Topliss-reactive ketones (excluding diaryl/α,β-unsaturated/α-hetero) is 1. The van der Waals surface area contributed by atoms with E-state index < -0.39 is 5.92 Å². The Kier molecular flexibility index (Phi) is 7.63. The average Bonchev–Trinajstić information content (AvgIpc) is 2.94. The molecule has 1 aliphatic carbocycles. The fraction of sp³-hybridized carbons (Fsp3) is 0.273. The molecule has 6 heteroatoms. The smallest absolute Gasteiger partial charge is 0.161 e. The summed E-state index contributed by atoms with van der Waals surface area (Å²) in [5.74, 6) is 0.756. The van der Waals surface area contributed by atoms with Crippen molar-refractivity contribution < 1.29 is 9.53 Å². The lowest BCUT2D eigenvalue weighted by Gasteiger charge is -2.40. The lowest BCUT2D eigenvalue weighted by atomic mass is 9.73. The van der Waals surface area contributed by atoms with E-state index >= 15 is 0 Å². The Morgan fingerprint density at radius 3 is 2.46 bits per heavy atom. The van der Waals surface area contributed by atoms with Crippen LogP contribution in [0.2, 0.25) is 0 Å². The summed E-state index contributed by atoms with van der Waals surface area (Å²) in [6.45, 7) is 6.58. The summed E-state index contributed by atoms with van der Waals surface area (Å²) in [5, 5.41) is 10.4. The second-order valence-corrected chi connectivity index (χ2v) is 11.1. The van der Waals surface area contributed by atoms with Crippen LogP contribution in [0.5, 0.6) is 5.75 Å². The number of hydrogen-bond donors (Lipinski definition) is 1. The Balaban J connectivity index is 1.61. The molecule has 198 valence electrons. The quantitative estimate of drug-likeness (QED) is 0.325. The van der Waals surface area contributed by atoms with Gasteiger partial charge in [-0.15, -0.1) is 0 Å². The van der Waals surface area contributed by atoms with E-state index in [2.05, 4.69) is 53.2 Å². The maximum atomic E-state index is 13.6. The normalized spacial score (nSPS) is 17.3. The van der Waals surface area contributed by atoms with Gasteiger partial charge in [0.2, 0.25) is 0 Å². The highest BCUT2D eigenvalue weighted by molar-refractivity contribution is 9.10. The first-order chi connectivity index (χ1) is 18.8. The Morgan fingerprint density at radius 1 is 1.08 bits per heavy atom. The number of anilines is 1. The summed E-state index contributed by atoms with van der Waals surface area (Å²) in [5.41, 5.74) is 14.9. The van der Waals surface area contributed by atoms with Crippen LogP contribution in [0.3, 0.4) is 0 Å². The van der Waals surface area contributed by atoms with Crippen molar-refractivity contribution in [1.82, 2.24) is 0 Å². The summed E-state index contributed by atoms with van der Waals surface area (Å²) in [4.78, 5) is 15.5. The standard InChI is InChI=1S/C33H32BrN3O2/c1-4-22-8-12-25(13-9-22)37-29-6-5-7-30(38)32(29)31(28(18-35)33(37)36)27-17-20(2)16-23(21(27)3)19-39-26-14-10-24(34)11-15-26/h8-17,31H,4-7,19,36H2,1-3H3. The number of benzene rings is 3. The van der Waals surface area contributed by atoms with Crippen LogP contribution in [0.25, 0.3) is 0 Å². The lowest BCUT2D eigenvalue weighted by molar-refractivity contribution is -0.116. The molecule has 39 heavy (non-hydrogen) atoms. The second-order valence-electron chi connectivity index (χ2n) is 10.2. The number of nitriles is 1. The molecular weight excluding hydrogens is 550 g/mol. The molecule has 1 unspecified atom stereocenters. The molecule has 2 N–H and O–H groups in total. The van der Waals surface area contributed by atoms with Crippen molar-refractivity contribution in [3.63, 3.8) is 0 Å². The fourth-order valence-electron chi connectivity index (χ4n) is 5.68. The third kappa shape index (κ3) is 5.12. The van der Waals surface area contributed by atoms with Gasteiger partial charge in [-0.05, 0) is 91.8 Å². The summed E-state index contributed by atoms with van der Waals surface area (Å²) in [6, 6.07) is 22.6. The molecule has 1 atom stereocenters. The van der Waals surface area contributed by atoms with Gasteiger partial charge in [0.15, 0.2) is 5.78 Å². The number of aryl methyl sites for hydroxylation is 2. The number of hydrogen-bond acceptors (Lipinski definition) is 5. The number of ether oxygens (including phenoxy) is 1. The van der Waals surface area contributed by atoms with Crippen LogP contribution in [-0.2, 0) is 17.8 Å². The third-order valence-corrected chi connectivity index (χ3v) is 8.26. The molecule has 5 rings (SSSR count). The van der Waals surface area contributed by atoms with E-state index in [0.29, 0.717) is 30.0 Å². The van der Waals surface area contributed by atoms with E-state index in [1.54, 1.807) is 0 Å². The fourth-order valence-corrected chi connectivity index (χ4v) is 5.94. The lowest BCUT2D eigenvalue weighted by Crippen LogP contribution is -2.39. The van der Waals surface area contributed by atoms with E-state index in [0.717, 1.165) is 63.1 Å². The van der Waals surface area contributed by atoms with E-state index in [4.69, 9.17) is 10.5 Å². The number of carbonyl (C=O) groups is 1. The van der Waals surface area contributed by atoms with Crippen molar-refractivity contribution >= 4 is 27.4 Å². The zero-order valence-corrected chi connectivity index (χ0v) is 24.1. The van der Waals surface area contributed by atoms with Crippen molar-refractivity contribution in [2.75, 3.05) is 4.90 Å². The van der Waals surface area contributed by atoms with E-state index in [1.165, 1.54) is 5.56 Å². The average molecular weight is 583 g/mol. The third-order valence-electron chi connectivity index (χ3n) is 7.73. The first-order valence-electron chi connectivity index (χ1n) is 13.4. The van der Waals surface area contributed by atoms with Gasteiger partial charge in [-0.2, -0.15) is 5.26 Å². The number of rotatable bonds is 6. The zero-order valence-electron chi connectivity index (χ0n) is 22.6. The van der Waals surface area contributed by atoms with Gasteiger partial charge in [0.05, 0.1) is 17.6 Å². The second kappa shape index (κ2) is 11.1. The molecule has 0 radical (unpaired) electrons. The topological polar surface area (TPSA) is 79.3 Å². The van der Waals surface area contributed by atoms with Crippen LogP contribution in [0.15, 0.2) is 87.8 Å². The molecule has 0 amide bonds. The van der Waals surface area contributed by atoms with Crippen LogP contribution in [0.1, 0.15) is 59.9 Å². The minimum absolute atomic E-state index is 0.0882. The minimum Gasteiger partial charge on any atom is -0.489 e. The van der Waals surface area contributed by atoms with Gasteiger partial charge in [-0.25, -0.2) is 0 Å². The molecule has 0 aromatic heterocycles. The monoisotopic (exact) mass is 581 g/mol. The molecular formula is C33H32BrN3O2. The Morgan fingerprint density at radius 2 is 1.79 bits per heavy atom. The van der Waals surface area contributed by atoms with Gasteiger partial charge in [0, 0.05) is 27.9 Å². The van der Waals surface area contributed by atoms with Crippen molar-refractivity contribution in [3.8, 4) is 11.8 Å². The highest BCUT2D eigenvalue weighted by Crippen LogP contribution is 2.47. The summed E-state index contributed by atoms with van der Waals surface area (Å²) in [7, 11) is 0. The first-order valence-corrected chi connectivity index (χ1v) is 14.1. The summed E-state index contributed by atoms with van der Waals surface area (Å²) >= 11 is 3.46. The molecule has 0 saturated carbocycles. The predicted octanol–water partition coefficient (Wildman–Crippen LogP) is 7.51. The van der Waals surface area contributed by atoms with E-state index in [9.17, 15) is 10.1 Å². The highest BCUT2D eigenvalue weighted by Gasteiger charge is 2.41. The molecule has 5 nitrogen and oxygen atoms in total. The van der Waals surface area contributed by atoms with Gasteiger partial charge in [0.25, 0.3) is 0 Å². The number of carbonyl (C=O) groups excluding carboxylic acids is 1. The van der Waals surface area contributed by atoms with Gasteiger partial charge in [0.1, 0.15) is 18.2 Å². The zero-order chi connectivity index (χ0) is 27.7. The molecule has 0 spiro atoms. The number of halogens is 1. The molecule has 0 bridgehead atoms. The molecule has 0 saturated heterocycles. The molecule has 3 aromatic carbocycles. The SMILES string of the molecule is CCc1ccc(N2C(N)=C(C#N)C(c3cc(C)cc(COc4ccc(Br)cc4)c3C)C3=C2CCCC3=O)cc1. The number of ketones is 1. The van der Waals surface area contributed by atoms with Crippen molar-refractivity contribution in [2.45, 2.75) is 59.0 Å². The first kappa shape index (κ1) is 26.8. The maximum absolute atomic E-state index is 13.6. The van der Waals surface area contributed by atoms with Crippen LogP contribution < -0.4 is 15.4 Å². The van der Waals surface area contributed by atoms with Gasteiger partial charge < -0.3 is 10.5 Å². The molecule has 3 aromatic rings. The van der Waals surface area contributed by atoms with Crippen molar-refractivity contribution in [1.29, 1.82) is 5.26 Å². The summed E-state index contributed by atoms with van der Waals surface area (Å²) in [6.07, 6.45) is 2.91. The van der Waals surface area contributed by atoms with Crippen LogP contribution in [0.4, 0.5) is 5.69 Å². The Labute approximate surface area is 238 Å². The molecule has 1 aliphatic heterocycles. The number of nitrogens with two attached hydrogens (primary N) is 1. The minimum atomic E-state index is -0.504. The maximum Gasteiger partial charge on any atom is 0.161 e. The van der Waals surface area contributed by atoms with Crippen LogP contribution in [-0.4, -0.2) is 5.78 Å². The van der Waals surface area contributed by atoms with Crippen molar-refractivity contribution in [3.05, 3.63) is 116 Å². The Hall–Kier alpha value is -3.82. The molecule has 1 heterocycles. The van der Waals surface area contributed by atoms with E-state index in [1.807, 2.05) is 55.1 Å². The van der Waals surface area contributed by atoms with Crippen LogP contribution in [0, 0.1) is 25.2 Å². The van der Waals surface area contributed by atoms with Gasteiger partial charge >= 0.3 is 0 Å². The summed E-state index contributed by atoms with van der Waals surface area (Å²) < 4.78 is 7.10. The highest BCUT2D eigenvalue weighted by atomic mass is 79.9. The van der Waals surface area contributed by atoms with Crippen molar-refractivity contribution in [2.24, 2.45) is 5.73 Å². The number of allylic oxidation sites excluding steroid dienone is 3. The molecule has 2 aliphatic rings.